The average Bonchev–Trinajstić information content (AvgIpc) is 3.62. The van der Waals surface area contributed by atoms with Gasteiger partial charge in [0.05, 0.1) is 53.5 Å². The third kappa shape index (κ3) is 8.11. The van der Waals surface area contributed by atoms with E-state index in [1.165, 1.54) is 11.0 Å². The number of likely N-dealkylation sites (tertiary alicyclic amines) is 1. The quantitative estimate of drug-likeness (QED) is 0.307. The lowest BCUT2D eigenvalue weighted by Gasteiger charge is -2.30. The molecule has 47 heavy (non-hydrogen) atoms. The first-order valence-corrected chi connectivity index (χ1v) is 16.1. The molecule has 2 aliphatic rings. The number of halogens is 2. The fourth-order valence-electron chi connectivity index (χ4n) is 6.30. The van der Waals surface area contributed by atoms with Crippen LogP contribution in [0.25, 0.3) is 10.9 Å². The highest BCUT2D eigenvalue weighted by molar-refractivity contribution is 6.34. The molecule has 0 spiro atoms. The third-order valence-electron chi connectivity index (χ3n) is 9.05. The number of aromatic nitrogens is 1. The zero-order valence-electron chi connectivity index (χ0n) is 26.7. The molecule has 1 aliphatic heterocycles. The molecule has 0 unspecified atom stereocenters. The van der Waals surface area contributed by atoms with Crippen molar-refractivity contribution in [3.05, 3.63) is 64.6 Å². The summed E-state index contributed by atoms with van der Waals surface area (Å²) < 4.78 is 29.2. The Morgan fingerprint density at radius 2 is 1.79 bits per heavy atom. The summed E-state index contributed by atoms with van der Waals surface area (Å²) in [4.78, 5) is 53.2. The molecule has 2 fully saturated rings. The molecule has 2 heterocycles. The lowest BCUT2D eigenvalue weighted by molar-refractivity contribution is -0.144. The highest BCUT2D eigenvalue weighted by Crippen LogP contribution is 2.31. The molecule has 5 rings (SSSR count). The number of carboxylic acid groups (broad SMARTS) is 1. The minimum absolute atomic E-state index is 0.0713. The Hall–Kier alpha value is -4.00. The molecule has 1 aromatic heterocycles. The van der Waals surface area contributed by atoms with Crippen molar-refractivity contribution in [3.8, 4) is 0 Å². The number of hydrogen-bond donors (Lipinski definition) is 2. The Labute approximate surface area is 277 Å². The number of nitrogens with zero attached hydrogens (tertiary/aromatic N) is 3. The summed E-state index contributed by atoms with van der Waals surface area (Å²) >= 11 is 6.49. The number of rotatable bonds is 11. The van der Waals surface area contributed by atoms with Gasteiger partial charge in [0.1, 0.15) is 12.4 Å². The Bertz CT molecular complexity index is 1650. The molecule has 0 radical (unpaired) electrons. The van der Waals surface area contributed by atoms with Gasteiger partial charge in [-0.25, -0.2) is 4.39 Å². The van der Waals surface area contributed by atoms with E-state index < -0.39 is 23.8 Å². The van der Waals surface area contributed by atoms with Gasteiger partial charge in [0, 0.05) is 44.8 Å². The van der Waals surface area contributed by atoms with Crippen molar-refractivity contribution in [2.24, 2.45) is 13.0 Å². The number of likely N-dealkylation sites (N-methyl/N-ethyl adjacent to an activating group) is 1. The second-order valence-corrected chi connectivity index (χ2v) is 12.9. The molecule has 1 aliphatic carbocycles. The van der Waals surface area contributed by atoms with E-state index in [2.05, 4.69) is 5.32 Å². The van der Waals surface area contributed by atoms with Gasteiger partial charge in [0.15, 0.2) is 0 Å². The molecule has 3 aromatic rings. The van der Waals surface area contributed by atoms with E-state index in [-0.39, 0.29) is 72.3 Å². The van der Waals surface area contributed by atoms with E-state index in [1.807, 2.05) is 35.9 Å². The number of aryl methyl sites for hydroxylation is 1. The van der Waals surface area contributed by atoms with Crippen LogP contribution in [-0.2, 0) is 37.3 Å². The van der Waals surface area contributed by atoms with Crippen LogP contribution in [0.5, 0.6) is 0 Å². The summed E-state index contributed by atoms with van der Waals surface area (Å²) in [6, 6.07) is 9.52. The molecule has 2 N–H and O–H groups in total. The second kappa shape index (κ2) is 14.8. The summed E-state index contributed by atoms with van der Waals surface area (Å²) in [5.74, 6) is -2.87. The van der Waals surface area contributed by atoms with Crippen LogP contribution < -0.4 is 5.32 Å². The number of para-hydroxylation sites is 1. The summed E-state index contributed by atoms with van der Waals surface area (Å²) in [6.45, 7) is 0.272. The van der Waals surface area contributed by atoms with Crippen molar-refractivity contribution >= 4 is 51.9 Å². The van der Waals surface area contributed by atoms with Crippen LogP contribution in [0.3, 0.4) is 0 Å². The Kier molecular flexibility index (Phi) is 10.8. The first-order valence-electron chi connectivity index (χ1n) is 15.7. The zero-order valence-corrected chi connectivity index (χ0v) is 27.5. The maximum Gasteiger partial charge on any atom is 0.306 e. The predicted molar refractivity (Wildman–Crippen MR) is 174 cm³/mol. The number of ether oxygens (including phenoxy) is 2. The van der Waals surface area contributed by atoms with Crippen LogP contribution in [0.2, 0.25) is 5.02 Å². The Morgan fingerprint density at radius 1 is 1.06 bits per heavy atom. The molecule has 2 atom stereocenters. The molecule has 11 nitrogen and oxygen atoms in total. The van der Waals surface area contributed by atoms with Gasteiger partial charge < -0.3 is 34.3 Å². The largest absolute Gasteiger partial charge is 0.481 e. The molecule has 2 aromatic carbocycles. The average molecular weight is 671 g/mol. The molecule has 1 saturated heterocycles. The number of fused-ring (bicyclic) bond motifs is 1. The Morgan fingerprint density at radius 3 is 2.49 bits per heavy atom. The number of carboxylic acids is 1. The first kappa shape index (κ1) is 34.3. The standard InChI is InChI=1S/C34H40ClFN4O7/c1-38(2)32(42)19-47-24-14-22(18-46-23-10-8-20(9-11-23)34(44)45)40(16-24)31(41)13-21-12-27(35)29(15-28(21)36)37-33(43)26-17-39(3)30-7-5-4-6-25(26)30/h4-7,12,15,17,20,22-24H,8-11,13-14,16,18-19H2,1-3H3,(H,37,43)(H,44,45)/t20-,22-,23-,24-/m0/s1. The molecule has 1 saturated carbocycles. The van der Waals surface area contributed by atoms with E-state index in [0.717, 1.165) is 17.0 Å². The number of amides is 3. The Balaban J connectivity index is 1.25. The SMILES string of the molecule is CN(C)C(=O)CO[C@H]1C[C@@H](CO[C@H]2CC[C@H](C(=O)O)CC2)N(C(=O)Cc2cc(Cl)c(NC(=O)c3cn(C)c4ccccc34)cc2F)C1. The second-order valence-electron chi connectivity index (χ2n) is 12.5. The topological polar surface area (TPSA) is 130 Å². The number of carbonyl (C=O) groups excluding carboxylic acids is 3. The minimum Gasteiger partial charge on any atom is -0.481 e. The number of nitrogens with one attached hydrogen (secondary N) is 1. The van der Waals surface area contributed by atoms with Crippen molar-refractivity contribution in [2.75, 3.05) is 39.2 Å². The summed E-state index contributed by atoms with van der Waals surface area (Å²) in [7, 11) is 5.09. The number of carbonyl (C=O) groups is 4. The molecular formula is C34H40ClFN4O7. The van der Waals surface area contributed by atoms with E-state index in [0.29, 0.717) is 37.7 Å². The van der Waals surface area contributed by atoms with Crippen molar-refractivity contribution in [1.82, 2.24) is 14.4 Å². The van der Waals surface area contributed by atoms with Crippen molar-refractivity contribution < 1.29 is 38.1 Å². The number of anilines is 1. The summed E-state index contributed by atoms with van der Waals surface area (Å²) in [5, 5.41) is 12.8. The van der Waals surface area contributed by atoms with Crippen LogP contribution in [0.1, 0.15) is 48.0 Å². The monoisotopic (exact) mass is 670 g/mol. The van der Waals surface area contributed by atoms with Crippen LogP contribution in [0.15, 0.2) is 42.6 Å². The fourth-order valence-corrected chi connectivity index (χ4v) is 6.53. The number of aliphatic carboxylic acids is 1. The molecule has 252 valence electrons. The summed E-state index contributed by atoms with van der Waals surface area (Å²) in [5.41, 5.74) is 1.45. The number of benzene rings is 2. The number of hydrogen-bond acceptors (Lipinski definition) is 6. The van der Waals surface area contributed by atoms with Crippen molar-refractivity contribution in [1.29, 1.82) is 0 Å². The smallest absolute Gasteiger partial charge is 0.306 e. The van der Waals surface area contributed by atoms with E-state index in [9.17, 15) is 24.3 Å². The van der Waals surface area contributed by atoms with Gasteiger partial charge in [-0.1, -0.05) is 29.8 Å². The van der Waals surface area contributed by atoms with Crippen LogP contribution in [0, 0.1) is 11.7 Å². The minimum atomic E-state index is -0.796. The van der Waals surface area contributed by atoms with Gasteiger partial charge in [-0.05, 0) is 55.9 Å². The van der Waals surface area contributed by atoms with Gasteiger partial charge in [0.25, 0.3) is 5.91 Å². The van der Waals surface area contributed by atoms with Crippen LogP contribution in [-0.4, -0.2) is 95.3 Å². The van der Waals surface area contributed by atoms with Gasteiger partial charge in [-0.15, -0.1) is 0 Å². The molecule has 3 amide bonds. The zero-order chi connectivity index (χ0) is 33.8. The van der Waals surface area contributed by atoms with Crippen LogP contribution >= 0.6 is 11.6 Å². The van der Waals surface area contributed by atoms with Crippen molar-refractivity contribution in [3.63, 3.8) is 0 Å². The fraction of sp³-hybridized carbons (Fsp3) is 0.471. The third-order valence-corrected chi connectivity index (χ3v) is 9.37. The molecule has 0 bridgehead atoms. The summed E-state index contributed by atoms with van der Waals surface area (Å²) in [6.07, 6.45) is 3.59. The van der Waals surface area contributed by atoms with E-state index >= 15 is 4.39 Å². The van der Waals surface area contributed by atoms with Gasteiger partial charge in [0.2, 0.25) is 11.8 Å². The van der Waals surface area contributed by atoms with Gasteiger partial charge in [-0.3, -0.25) is 19.2 Å². The molecular weight excluding hydrogens is 631 g/mol. The molecule has 13 heteroatoms. The highest BCUT2D eigenvalue weighted by atomic mass is 35.5. The first-order chi connectivity index (χ1) is 22.4. The normalized spacial score (nSPS) is 21.2. The lowest BCUT2D eigenvalue weighted by atomic mass is 9.87. The maximum atomic E-state index is 15.4. The van der Waals surface area contributed by atoms with E-state index in [1.54, 1.807) is 25.2 Å². The van der Waals surface area contributed by atoms with Gasteiger partial charge in [-0.2, -0.15) is 0 Å². The lowest BCUT2D eigenvalue weighted by Crippen LogP contribution is -2.41. The predicted octanol–water partition coefficient (Wildman–Crippen LogP) is 4.50. The van der Waals surface area contributed by atoms with Crippen LogP contribution in [0.4, 0.5) is 10.1 Å². The highest BCUT2D eigenvalue weighted by Gasteiger charge is 2.37. The maximum absolute atomic E-state index is 15.4. The van der Waals surface area contributed by atoms with E-state index in [4.69, 9.17) is 21.1 Å². The van der Waals surface area contributed by atoms with Crippen molar-refractivity contribution in [2.45, 2.75) is 56.8 Å². The van der Waals surface area contributed by atoms with Gasteiger partial charge >= 0.3 is 5.97 Å².